The van der Waals surface area contributed by atoms with E-state index in [1.54, 1.807) is 13.0 Å². The lowest BCUT2D eigenvalue weighted by Crippen LogP contribution is -2.39. The average Bonchev–Trinajstić information content (AvgIpc) is 2.73. The zero-order valence-electron chi connectivity index (χ0n) is 17.9. The lowest BCUT2D eigenvalue weighted by atomic mass is 9.87. The lowest BCUT2D eigenvalue weighted by Gasteiger charge is -2.31. The molecule has 0 N–H and O–H groups in total. The number of aryl methyl sites for hydroxylation is 3. The van der Waals surface area contributed by atoms with Crippen LogP contribution in [-0.2, 0) is 19.4 Å². The first-order valence-corrected chi connectivity index (χ1v) is 11.1. The number of piperidine rings is 1. The molecule has 4 rings (SSSR count). The molecule has 1 fully saturated rings. The Bertz CT molecular complexity index is 1010. The summed E-state index contributed by atoms with van der Waals surface area (Å²) in [6, 6.07) is 4.40. The summed E-state index contributed by atoms with van der Waals surface area (Å²) in [5.41, 5.74) is 3.18. The molecule has 1 aromatic carbocycles. The smallest absolute Gasteiger partial charge is 0.256 e. The number of aromatic nitrogens is 2. The molecule has 160 valence electrons. The number of nitrogens with zero attached hydrogens (tertiary/aromatic N) is 3. The first kappa shape index (κ1) is 20.9. The quantitative estimate of drug-likeness (QED) is 0.707. The Kier molecular flexibility index (Phi) is 6.14. The predicted molar refractivity (Wildman–Crippen MR) is 115 cm³/mol. The summed E-state index contributed by atoms with van der Waals surface area (Å²) < 4.78 is 15.2. The van der Waals surface area contributed by atoms with Crippen LogP contribution in [-0.4, -0.2) is 39.9 Å². The number of hydrogen-bond donors (Lipinski definition) is 0. The fraction of sp³-hybridized carbons (Fsp3) is 0.542. The van der Waals surface area contributed by atoms with Gasteiger partial charge in [-0.3, -0.25) is 14.2 Å². The van der Waals surface area contributed by atoms with Gasteiger partial charge in [-0.2, -0.15) is 0 Å². The second-order valence-electron chi connectivity index (χ2n) is 8.70. The van der Waals surface area contributed by atoms with Gasteiger partial charge < -0.3 is 4.90 Å². The zero-order valence-corrected chi connectivity index (χ0v) is 17.9. The number of Topliss-reactive ketones (excluding diaryl/α,β-unsaturated/α-hetero) is 1. The third kappa shape index (κ3) is 4.24. The van der Waals surface area contributed by atoms with E-state index >= 15 is 0 Å². The Hall–Kier alpha value is -2.34. The molecular formula is C24H30FN3O2. The standard InChI is InChI=1S/C24H30FN3O2/c1-16-15-19(25)6-7-20(16)23(29)18-8-12-27(13-9-18)14-10-21-17(2)26-22-5-3-4-11-28(22)24(21)30/h6-7,15,18H,3-5,8-14H2,1-2H3. The number of likely N-dealkylation sites (tertiary alicyclic amines) is 1. The van der Waals surface area contributed by atoms with E-state index in [0.717, 1.165) is 75.4 Å². The lowest BCUT2D eigenvalue weighted by molar-refractivity contribution is 0.0840. The molecule has 0 saturated carbocycles. The number of halogens is 1. The second kappa shape index (κ2) is 8.80. The maximum Gasteiger partial charge on any atom is 0.256 e. The van der Waals surface area contributed by atoms with E-state index in [2.05, 4.69) is 4.90 Å². The van der Waals surface area contributed by atoms with E-state index in [1.165, 1.54) is 12.1 Å². The normalized spacial score (nSPS) is 17.7. The summed E-state index contributed by atoms with van der Waals surface area (Å²) >= 11 is 0. The number of fused-ring (bicyclic) bond motifs is 1. The minimum absolute atomic E-state index is 0.0109. The van der Waals surface area contributed by atoms with Gasteiger partial charge in [0.2, 0.25) is 0 Å². The minimum Gasteiger partial charge on any atom is -0.303 e. The molecule has 2 aliphatic heterocycles. The van der Waals surface area contributed by atoms with Crippen molar-refractivity contribution in [1.29, 1.82) is 0 Å². The molecule has 1 saturated heterocycles. The van der Waals surface area contributed by atoms with Crippen LogP contribution in [0, 0.1) is 25.6 Å². The topological polar surface area (TPSA) is 55.2 Å². The van der Waals surface area contributed by atoms with Crippen LogP contribution in [0.5, 0.6) is 0 Å². The van der Waals surface area contributed by atoms with Crippen LogP contribution in [0.25, 0.3) is 0 Å². The number of hydrogen-bond acceptors (Lipinski definition) is 4. The van der Waals surface area contributed by atoms with Gasteiger partial charge in [0.25, 0.3) is 5.56 Å². The summed E-state index contributed by atoms with van der Waals surface area (Å²) in [7, 11) is 0. The molecule has 5 nitrogen and oxygen atoms in total. The summed E-state index contributed by atoms with van der Waals surface area (Å²) in [4.78, 5) is 32.8. The fourth-order valence-corrected chi connectivity index (χ4v) is 4.83. The van der Waals surface area contributed by atoms with Crippen molar-refractivity contribution in [3.8, 4) is 0 Å². The Balaban J connectivity index is 1.36. The van der Waals surface area contributed by atoms with Crippen LogP contribution < -0.4 is 5.56 Å². The van der Waals surface area contributed by atoms with Gasteiger partial charge in [-0.25, -0.2) is 9.37 Å². The van der Waals surface area contributed by atoms with E-state index in [0.29, 0.717) is 17.5 Å². The molecule has 0 aliphatic carbocycles. The summed E-state index contributed by atoms with van der Waals surface area (Å²) in [6.07, 6.45) is 5.35. The summed E-state index contributed by atoms with van der Waals surface area (Å²) in [5.74, 6) is 0.743. The molecular weight excluding hydrogens is 381 g/mol. The van der Waals surface area contributed by atoms with Gasteiger partial charge >= 0.3 is 0 Å². The van der Waals surface area contributed by atoms with Gasteiger partial charge in [0.15, 0.2) is 5.78 Å². The number of rotatable bonds is 5. The molecule has 30 heavy (non-hydrogen) atoms. The molecule has 0 radical (unpaired) electrons. The van der Waals surface area contributed by atoms with Crippen molar-refractivity contribution < 1.29 is 9.18 Å². The van der Waals surface area contributed by atoms with Crippen molar-refractivity contribution in [3.63, 3.8) is 0 Å². The molecule has 0 atom stereocenters. The average molecular weight is 412 g/mol. The van der Waals surface area contributed by atoms with Gasteiger partial charge in [-0.05, 0) is 82.8 Å². The number of carbonyl (C=O) groups is 1. The number of ketones is 1. The van der Waals surface area contributed by atoms with Gasteiger partial charge in [0, 0.05) is 42.2 Å². The predicted octanol–water partition coefficient (Wildman–Crippen LogP) is 3.47. The van der Waals surface area contributed by atoms with Crippen LogP contribution >= 0.6 is 0 Å². The van der Waals surface area contributed by atoms with E-state index in [-0.39, 0.29) is 23.1 Å². The molecule has 0 amide bonds. The monoisotopic (exact) mass is 411 g/mol. The molecule has 2 aliphatic rings. The van der Waals surface area contributed by atoms with Crippen molar-refractivity contribution in [2.24, 2.45) is 5.92 Å². The van der Waals surface area contributed by atoms with Crippen LogP contribution in [0.3, 0.4) is 0 Å². The van der Waals surface area contributed by atoms with Gasteiger partial charge in [0.05, 0.1) is 0 Å². The highest BCUT2D eigenvalue weighted by atomic mass is 19.1. The molecule has 1 aromatic heterocycles. The van der Waals surface area contributed by atoms with Gasteiger partial charge in [0.1, 0.15) is 11.6 Å². The zero-order chi connectivity index (χ0) is 21.3. The molecule has 0 spiro atoms. The van der Waals surface area contributed by atoms with Crippen molar-refractivity contribution >= 4 is 5.78 Å². The maximum absolute atomic E-state index is 13.3. The first-order valence-electron chi connectivity index (χ1n) is 11.1. The first-order chi connectivity index (χ1) is 14.4. The summed E-state index contributed by atoms with van der Waals surface area (Å²) in [6.45, 7) is 7.02. The van der Waals surface area contributed by atoms with Crippen molar-refractivity contribution in [2.45, 2.75) is 58.9 Å². The van der Waals surface area contributed by atoms with E-state index in [4.69, 9.17) is 4.98 Å². The number of benzene rings is 1. The van der Waals surface area contributed by atoms with E-state index in [1.807, 2.05) is 11.5 Å². The van der Waals surface area contributed by atoms with Gasteiger partial charge in [-0.1, -0.05) is 0 Å². The Morgan fingerprint density at radius 1 is 1.17 bits per heavy atom. The van der Waals surface area contributed by atoms with Crippen LogP contribution in [0.2, 0.25) is 0 Å². The molecule has 6 heteroatoms. The molecule has 0 unspecified atom stereocenters. The third-order valence-electron chi connectivity index (χ3n) is 6.67. The molecule has 2 aromatic rings. The number of carbonyl (C=O) groups excluding carboxylic acids is 1. The van der Waals surface area contributed by atoms with Crippen LogP contribution in [0.15, 0.2) is 23.0 Å². The van der Waals surface area contributed by atoms with E-state index in [9.17, 15) is 14.0 Å². The van der Waals surface area contributed by atoms with Crippen molar-refractivity contribution in [1.82, 2.24) is 14.5 Å². The van der Waals surface area contributed by atoms with Crippen molar-refractivity contribution in [3.05, 3.63) is 62.6 Å². The Morgan fingerprint density at radius 3 is 2.67 bits per heavy atom. The van der Waals surface area contributed by atoms with Crippen molar-refractivity contribution in [2.75, 3.05) is 19.6 Å². The maximum atomic E-state index is 13.3. The third-order valence-corrected chi connectivity index (χ3v) is 6.67. The highest BCUT2D eigenvalue weighted by Crippen LogP contribution is 2.24. The largest absolute Gasteiger partial charge is 0.303 e. The SMILES string of the molecule is Cc1cc(F)ccc1C(=O)C1CCN(CCc2c(C)nc3n(c2=O)CCCC3)CC1. The minimum atomic E-state index is -0.304. The van der Waals surface area contributed by atoms with Crippen LogP contribution in [0.1, 0.15) is 58.7 Å². The molecule has 0 bridgehead atoms. The van der Waals surface area contributed by atoms with Gasteiger partial charge in [-0.15, -0.1) is 0 Å². The summed E-state index contributed by atoms with van der Waals surface area (Å²) in [5, 5.41) is 0. The van der Waals surface area contributed by atoms with E-state index < -0.39 is 0 Å². The second-order valence-corrected chi connectivity index (χ2v) is 8.70. The van der Waals surface area contributed by atoms with Crippen LogP contribution in [0.4, 0.5) is 4.39 Å². The highest BCUT2D eigenvalue weighted by Gasteiger charge is 2.27. The Labute approximate surface area is 176 Å². The molecule has 3 heterocycles. The highest BCUT2D eigenvalue weighted by molar-refractivity contribution is 5.99. The Morgan fingerprint density at radius 2 is 1.93 bits per heavy atom. The fourth-order valence-electron chi connectivity index (χ4n) is 4.83.